The first kappa shape index (κ1) is 14.5. The van der Waals surface area contributed by atoms with Crippen LogP contribution in [0.3, 0.4) is 0 Å². The second-order valence-corrected chi connectivity index (χ2v) is 4.76. The molecule has 86 valence electrons. The van der Waals surface area contributed by atoms with Crippen molar-refractivity contribution >= 4 is 24.8 Å². The molecule has 0 radical (unpaired) electrons. The van der Waals surface area contributed by atoms with E-state index in [1.807, 2.05) is 0 Å². The Morgan fingerprint density at radius 1 is 1.21 bits per heavy atom. The average molecular weight is 241 g/mol. The normalized spacial score (nSPS) is 34.7. The van der Waals surface area contributed by atoms with E-state index in [1.54, 1.807) is 0 Å². The molecular formula is C10H22Cl2N2. The Morgan fingerprint density at radius 3 is 2.21 bits per heavy atom. The van der Waals surface area contributed by atoms with Gasteiger partial charge in [0.25, 0.3) is 0 Å². The third-order valence-corrected chi connectivity index (χ3v) is 3.80. The highest BCUT2D eigenvalue weighted by Gasteiger charge is 2.44. The quantitative estimate of drug-likeness (QED) is 0.680. The van der Waals surface area contributed by atoms with Gasteiger partial charge in [-0.25, -0.2) is 0 Å². The van der Waals surface area contributed by atoms with Crippen LogP contribution in [0.2, 0.25) is 0 Å². The molecule has 0 unspecified atom stereocenters. The Kier molecular flexibility index (Phi) is 5.75. The van der Waals surface area contributed by atoms with Gasteiger partial charge in [-0.3, -0.25) is 0 Å². The average Bonchev–Trinajstić information content (AvgIpc) is 2.29. The molecule has 4 heteroatoms. The molecular weight excluding hydrogens is 219 g/mol. The molecule has 3 N–H and O–H groups in total. The van der Waals surface area contributed by atoms with Gasteiger partial charge in [0, 0.05) is 6.04 Å². The van der Waals surface area contributed by atoms with Crippen LogP contribution in [0.15, 0.2) is 0 Å². The Labute approximate surface area is 99.2 Å². The Balaban J connectivity index is 0.000000845. The lowest BCUT2D eigenvalue weighted by molar-refractivity contribution is 0.179. The van der Waals surface area contributed by atoms with Gasteiger partial charge >= 0.3 is 0 Å². The number of rotatable bonds is 0. The molecule has 2 rings (SSSR count). The minimum absolute atomic E-state index is 0. The van der Waals surface area contributed by atoms with Crippen LogP contribution in [0.5, 0.6) is 0 Å². The third kappa shape index (κ3) is 2.54. The number of nitrogens with two attached hydrogens (primary N) is 1. The van der Waals surface area contributed by atoms with Gasteiger partial charge in [-0.15, -0.1) is 24.8 Å². The summed E-state index contributed by atoms with van der Waals surface area (Å²) in [6.45, 7) is 4.71. The fraction of sp³-hybridized carbons (Fsp3) is 1.00. The van der Waals surface area contributed by atoms with Crippen molar-refractivity contribution in [3.63, 3.8) is 0 Å². The molecule has 0 aromatic heterocycles. The lowest BCUT2D eigenvalue weighted by Gasteiger charge is -2.37. The first-order valence-electron chi connectivity index (χ1n) is 5.19. The van der Waals surface area contributed by atoms with Crippen molar-refractivity contribution in [1.29, 1.82) is 0 Å². The molecule has 2 aliphatic rings. The summed E-state index contributed by atoms with van der Waals surface area (Å²) in [7, 11) is 0. The summed E-state index contributed by atoms with van der Waals surface area (Å²) in [6, 6.07) is 0.481. The van der Waals surface area contributed by atoms with Gasteiger partial charge in [-0.1, -0.05) is 6.92 Å². The molecule has 1 aliphatic carbocycles. The maximum absolute atomic E-state index is 6.21. The second kappa shape index (κ2) is 5.55. The van der Waals surface area contributed by atoms with Crippen molar-refractivity contribution in [2.24, 2.45) is 17.1 Å². The minimum atomic E-state index is 0. The van der Waals surface area contributed by atoms with Gasteiger partial charge in [0.1, 0.15) is 0 Å². The Bertz CT molecular complexity index is 170. The SMILES string of the molecule is C[C@@H]1C[C@@H](N)C2(CCNCC2)C1.Cl.Cl. The molecule has 0 bridgehead atoms. The van der Waals surface area contributed by atoms with E-state index in [-0.39, 0.29) is 24.8 Å². The summed E-state index contributed by atoms with van der Waals surface area (Å²) in [5.41, 5.74) is 6.73. The molecule has 2 fully saturated rings. The number of hydrogen-bond acceptors (Lipinski definition) is 2. The van der Waals surface area contributed by atoms with E-state index in [0.717, 1.165) is 5.92 Å². The van der Waals surface area contributed by atoms with Crippen molar-refractivity contribution in [3.8, 4) is 0 Å². The van der Waals surface area contributed by atoms with E-state index < -0.39 is 0 Å². The predicted molar refractivity (Wildman–Crippen MR) is 65.4 cm³/mol. The molecule has 0 aromatic carbocycles. The van der Waals surface area contributed by atoms with Crippen LogP contribution in [0.4, 0.5) is 0 Å². The van der Waals surface area contributed by atoms with Crippen LogP contribution in [0.1, 0.15) is 32.6 Å². The fourth-order valence-electron chi connectivity index (χ4n) is 3.11. The van der Waals surface area contributed by atoms with Crippen LogP contribution in [0.25, 0.3) is 0 Å². The molecule has 1 saturated carbocycles. The van der Waals surface area contributed by atoms with E-state index in [1.165, 1.54) is 38.8 Å². The molecule has 1 saturated heterocycles. The van der Waals surface area contributed by atoms with E-state index in [9.17, 15) is 0 Å². The van der Waals surface area contributed by atoms with Crippen LogP contribution in [-0.4, -0.2) is 19.1 Å². The van der Waals surface area contributed by atoms with Crippen molar-refractivity contribution in [2.45, 2.75) is 38.6 Å². The van der Waals surface area contributed by atoms with Crippen molar-refractivity contribution in [1.82, 2.24) is 5.32 Å². The van der Waals surface area contributed by atoms with Crippen molar-refractivity contribution in [3.05, 3.63) is 0 Å². The molecule has 2 atom stereocenters. The Hall–Kier alpha value is 0.500. The number of hydrogen-bond donors (Lipinski definition) is 2. The summed E-state index contributed by atoms with van der Waals surface area (Å²) in [4.78, 5) is 0. The zero-order valence-electron chi connectivity index (χ0n) is 8.79. The second-order valence-electron chi connectivity index (χ2n) is 4.76. The monoisotopic (exact) mass is 240 g/mol. The summed E-state index contributed by atoms with van der Waals surface area (Å²) in [5, 5.41) is 3.42. The van der Waals surface area contributed by atoms with E-state index >= 15 is 0 Å². The van der Waals surface area contributed by atoms with Crippen molar-refractivity contribution in [2.75, 3.05) is 13.1 Å². The largest absolute Gasteiger partial charge is 0.327 e. The zero-order chi connectivity index (χ0) is 8.60. The highest BCUT2D eigenvalue weighted by atomic mass is 35.5. The minimum Gasteiger partial charge on any atom is -0.327 e. The smallest absolute Gasteiger partial charge is 0.00991 e. The van der Waals surface area contributed by atoms with Gasteiger partial charge in [0.2, 0.25) is 0 Å². The highest BCUT2D eigenvalue weighted by molar-refractivity contribution is 5.85. The van der Waals surface area contributed by atoms with E-state index in [2.05, 4.69) is 12.2 Å². The van der Waals surface area contributed by atoms with Gasteiger partial charge in [0.05, 0.1) is 0 Å². The summed E-state index contributed by atoms with van der Waals surface area (Å²) < 4.78 is 0. The maximum atomic E-state index is 6.21. The summed E-state index contributed by atoms with van der Waals surface area (Å²) >= 11 is 0. The van der Waals surface area contributed by atoms with Crippen LogP contribution >= 0.6 is 24.8 Å². The molecule has 2 nitrogen and oxygen atoms in total. The maximum Gasteiger partial charge on any atom is 0.00991 e. The first-order valence-corrected chi connectivity index (χ1v) is 5.19. The lowest BCUT2D eigenvalue weighted by atomic mass is 9.74. The lowest BCUT2D eigenvalue weighted by Crippen LogP contribution is -2.45. The van der Waals surface area contributed by atoms with Gasteiger partial charge in [-0.05, 0) is 50.1 Å². The molecule has 1 aliphatic heterocycles. The fourth-order valence-corrected chi connectivity index (χ4v) is 3.11. The van der Waals surface area contributed by atoms with Gasteiger partial charge in [0.15, 0.2) is 0 Å². The number of piperidine rings is 1. The van der Waals surface area contributed by atoms with Crippen LogP contribution in [-0.2, 0) is 0 Å². The molecule has 1 spiro atoms. The zero-order valence-corrected chi connectivity index (χ0v) is 10.4. The molecule has 0 amide bonds. The Morgan fingerprint density at radius 2 is 1.79 bits per heavy atom. The summed E-state index contributed by atoms with van der Waals surface area (Å²) in [6.07, 6.45) is 5.23. The van der Waals surface area contributed by atoms with E-state index in [4.69, 9.17) is 5.73 Å². The van der Waals surface area contributed by atoms with Crippen molar-refractivity contribution < 1.29 is 0 Å². The third-order valence-electron chi connectivity index (χ3n) is 3.80. The van der Waals surface area contributed by atoms with Crippen LogP contribution < -0.4 is 11.1 Å². The number of nitrogens with one attached hydrogen (secondary N) is 1. The van der Waals surface area contributed by atoms with E-state index in [0.29, 0.717) is 11.5 Å². The molecule has 0 aromatic rings. The summed E-state index contributed by atoms with van der Waals surface area (Å²) in [5.74, 6) is 0.859. The standard InChI is InChI=1S/C10H20N2.2ClH/c1-8-6-9(11)10(7-8)2-4-12-5-3-10;;/h8-9,12H,2-7,11H2,1H3;2*1H/t8-,9-;;/m1../s1. The van der Waals surface area contributed by atoms with Gasteiger partial charge in [-0.2, -0.15) is 0 Å². The first-order chi connectivity index (χ1) is 5.73. The predicted octanol–water partition coefficient (Wildman–Crippen LogP) is 1.96. The number of halogens is 2. The molecule has 1 heterocycles. The topological polar surface area (TPSA) is 38.0 Å². The molecule has 14 heavy (non-hydrogen) atoms. The van der Waals surface area contributed by atoms with Crippen LogP contribution in [0, 0.1) is 11.3 Å². The van der Waals surface area contributed by atoms with Gasteiger partial charge < -0.3 is 11.1 Å². The highest BCUT2D eigenvalue weighted by Crippen LogP contribution is 2.46.